The summed E-state index contributed by atoms with van der Waals surface area (Å²) >= 11 is 0. The summed E-state index contributed by atoms with van der Waals surface area (Å²) in [5, 5.41) is 8.92. The molecule has 0 bridgehead atoms. The zero-order valence-electron chi connectivity index (χ0n) is 22.9. The number of furan rings is 1. The molecule has 0 aliphatic heterocycles. The summed E-state index contributed by atoms with van der Waals surface area (Å²) in [6.45, 7) is 0. The van der Waals surface area contributed by atoms with Crippen LogP contribution < -0.4 is 0 Å². The van der Waals surface area contributed by atoms with Gasteiger partial charge in [0, 0.05) is 28.3 Å². The van der Waals surface area contributed by atoms with Crippen molar-refractivity contribution >= 4 is 54.4 Å². The highest BCUT2D eigenvalue weighted by Crippen LogP contribution is 2.37. The largest absolute Gasteiger partial charge is 0.438 e. The molecule has 0 saturated heterocycles. The van der Waals surface area contributed by atoms with E-state index in [-0.39, 0.29) is 0 Å². The lowest BCUT2D eigenvalue weighted by Crippen LogP contribution is -2.00. The highest BCUT2D eigenvalue weighted by Gasteiger charge is 2.19. The Balaban J connectivity index is 1.30. The first kappa shape index (κ1) is 23.7. The minimum absolute atomic E-state index is 0.559. The molecule has 5 nitrogen and oxygen atoms in total. The molecule has 0 spiro atoms. The molecule has 0 aliphatic rings. The van der Waals surface area contributed by atoms with Crippen LogP contribution in [0.4, 0.5) is 0 Å². The van der Waals surface area contributed by atoms with E-state index >= 15 is 0 Å². The van der Waals surface area contributed by atoms with E-state index in [2.05, 4.69) is 83.8 Å². The van der Waals surface area contributed by atoms with Gasteiger partial charge in [-0.05, 0) is 56.6 Å². The molecule has 3 aromatic heterocycles. The average Bonchev–Trinajstić information content (AvgIpc) is 3.44. The second-order valence-corrected chi connectivity index (χ2v) is 10.7. The van der Waals surface area contributed by atoms with E-state index in [4.69, 9.17) is 19.4 Å². The monoisotopic (exact) mass is 550 g/mol. The van der Waals surface area contributed by atoms with Crippen LogP contribution in [-0.4, -0.2) is 19.9 Å². The van der Waals surface area contributed by atoms with E-state index in [1.165, 1.54) is 16.2 Å². The van der Waals surface area contributed by atoms with Gasteiger partial charge in [-0.25, -0.2) is 19.9 Å². The van der Waals surface area contributed by atoms with E-state index in [1.54, 1.807) is 6.20 Å². The van der Waals surface area contributed by atoms with Gasteiger partial charge in [-0.2, -0.15) is 0 Å². The van der Waals surface area contributed by atoms with E-state index in [9.17, 15) is 0 Å². The number of fused-ring (bicyclic) bond motifs is 7. The molecule has 6 aromatic carbocycles. The van der Waals surface area contributed by atoms with Crippen LogP contribution in [0.25, 0.3) is 88.5 Å². The van der Waals surface area contributed by atoms with Gasteiger partial charge in [-0.15, -0.1) is 0 Å². The molecule has 0 N–H and O–H groups in total. The van der Waals surface area contributed by atoms with Crippen LogP contribution in [0.15, 0.2) is 138 Å². The molecule has 200 valence electrons. The van der Waals surface area contributed by atoms with Gasteiger partial charge in [0.2, 0.25) is 5.71 Å². The predicted molar refractivity (Wildman–Crippen MR) is 174 cm³/mol. The molecule has 3 heterocycles. The van der Waals surface area contributed by atoms with E-state index in [0.717, 1.165) is 49.2 Å². The van der Waals surface area contributed by atoms with E-state index < -0.39 is 0 Å². The summed E-state index contributed by atoms with van der Waals surface area (Å²) in [5.41, 5.74) is 4.05. The van der Waals surface area contributed by atoms with Crippen molar-refractivity contribution in [1.82, 2.24) is 19.9 Å². The number of benzene rings is 6. The van der Waals surface area contributed by atoms with Crippen LogP contribution >= 0.6 is 0 Å². The quantitative estimate of drug-likeness (QED) is 0.205. The molecule has 0 aliphatic carbocycles. The van der Waals surface area contributed by atoms with Crippen molar-refractivity contribution in [3.63, 3.8) is 0 Å². The van der Waals surface area contributed by atoms with Crippen molar-refractivity contribution in [1.29, 1.82) is 0 Å². The Kier molecular flexibility index (Phi) is 5.13. The highest BCUT2D eigenvalue weighted by molar-refractivity contribution is 6.14. The Morgan fingerprint density at radius 1 is 0.442 bits per heavy atom. The van der Waals surface area contributed by atoms with Gasteiger partial charge >= 0.3 is 0 Å². The fourth-order valence-corrected chi connectivity index (χ4v) is 6.06. The summed E-state index contributed by atoms with van der Waals surface area (Å²) in [7, 11) is 0. The van der Waals surface area contributed by atoms with Gasteiger partial charge < -0.3 is 4.42 Å². The number of pyridine rings is 1. The molecular weight excluding hydrogens is 528 g/mol. The Hall–Kier alpha value is -5.94. The lowest BCUT2D eigenvalue weighted by Gasteiger charge is -2.10. The zero-order chi connectivity index (χ0) is 28.3. The summed E-state index contributed by atoms with van der Waals surface area (Å²) < 4.78 is 6.25. The van der Waals surface area contributed by atoms with Crippen LogP contribution in [0, 0.1) is 0 Å². The summed E-state index contributed by atoms with van der Waals surface area (Å²) in [6.07, 6.45) is 1.76. The molecule has 9 aromatic rings. The molecule has 0 radical (unpaired) electrons. The lowest BCUT2D eigenvalue weighted by molar-refractivity contribution is 0.654. The minimum atomic E-state index is 0.559. The third-order valence-electron chi connectivity index (χ3n) is 8.15. The Bertz CT molecular complexity index is 2520. The first-order valence-corrected chi connectivity index (χ1v) is 14.2. The van der Waals surface area contributed by atoms with Crippen LogP contribution in [0.5, 0.6) is 0 Å². The predicted octanol–water partition coefficient (Wildman–Crippen LogP) is 9.63. The minimum Gasteiger partial charge on any atom is -0.438 e. The fourth-order valence-electron chi connectivity index (χ4n) is 6.06. The number of nitrogens with zero attached hydrogens (tertiary/aromatic N) is 4. The molecule has 0 unspecified atom stereocenters. The number of aromatic nitrogens is 4. The summed E-state index contributed by atoms with van der Waals surface area (Å²) in [5.74, 6) is 1.80. The van der Waals surface area contributed by atoms with Gasteiger partial charge in [-0.1, -0.05) is 103 Å². The molecule has 9 rings (SSSR count). The zero-order valence-corrected chi connectivity index (χ0v) is 22.9. The standard InChI is InChI=1S/C38H22N4O/c1-2-9-24(10-3-1)35-40-36(28-16-17-30-27(20-28)15-14-23-8-6-7-13-29(23)30)42-37(41-35)31-18-19-39-38-34(31)32-21-25-11-4-5-12-26(25)22-33(32)43-38/h1-22H. The molecule has 0 atom stereocenters. The van der Waals surface area contributed by atoms with Gasteiger partial charge in [0.25, 0.3) is 0 Å². The van der Waals surface area contributed by atoms with Crippen molar-refractivity contribution in [2.24, 2.45) is 0 Å². The molecular formula is C38H22N4O. The summed E-state index contributed by atoms with van der Waals surface area (Å²) in [6, 6.07) is 43.7. The van der Waals surface area contributed by atoms with Crippen molar-refractivity contribution < 1.29 is 4.42 Å². The van der Waals surface area contributed by atoms with Gasteiger partial charge in [0.05, 0.1) is 5.39 Å². The maximum Gasteiger partial charge on any atom is 0.228 e. The maximum absolute atomic E-state index is 6.25. The van der Waals surface area contributed by atoms with Gasteiger partial charge in [-0.3, -0.25) is 0 Å². The smallest absolute Gasteiger partial charge is 0.228 e. The topological polar surface area (TPSA) is 64.7 Å². The van der Waals surface area contributed by atoms with E-state index in [0.29, 0.717) is 23.2 Å². The molecule has 5 heteroatoms. The van der Waals surface area contributed by atoms with E-state index in [1.807, 2.05) is 48.5 Å². The maximum atomic E-state index is 6.25. The van der Waals surface area contributed by atoms with Crippen molar-refractivity contribution in [2.75, 3.05) is 0 Å². The van der Waals surface area contributed by atoms with Gasteiger partial charge in [0.15, 0.2) is 17.5 Å². The van der Waals surface area contributed by atoms with Crippen LogP contribution in [-0.2, 0) is 0 Å². The Labute approximate surface area is 246 Å². The lowest BCUT2D eigenvalue weighted by atomic mass is 10.00. The number of hydrogen-bond donors (Lipinski definition) is 0. The number of hydrogen-bond acceptors (Lipinski definition) is 5. The third-order valence-corrected chi connectivity index (χ3v) is 8.15. The normalized spacial score (nSPS) is 11.7. The van der Waals surface area contributed by atoms with Crippen LogP contribution in [0.2, 0.25) is 0 Å². The number of rotatable bonds is 3. The Morgan fingerprint density at radius 2 is 1.12 bits per heavy atom. The Morgan fingerprint density at radius 3 is 1.98 bits per heavy atom. The third kappa shape index (κ3) is 3.86. The average molecular weight is 551 g/mol. The van der Waals surface area contributed by atoms with Crippen molar-refractivity contribution in [2.45, 2.75) is 0 Å². The first-order chi connectivity index (χ1) is 21.3. The second-order valence-electron chi connectivity index (χ2n) is 10.7. The fraction of sp³-hybridized carbons (Fsp3) is 0. The summed E-state index contributed by atoms with van der Waals surface area (Å²) in [4.78, 5) is 19.6. The van der Waals surface area contributed by atoms with Crippen LogP contribution in [0.3, 0.4) is 0 Å². The molecule has 0 fully saturated rings. The van der Waals surface area contributed by atoms with Crippen LogP contribution in [0.1, 0.15) is 0 Å². The molecule has 0 saturated carbocycles. The second kappa shape index (κ2) is 9.29. The highest BCUT2D eigenvalue weighted by atomic mass is 16.3. The SMILES string of the molecule is c1ccc(-c2nc(-c3ccc4c(ccc5ccccc54)c3)nc(-c3ccnc4oc5cc6ccccc6cc5c34)n2)cc1. The molecule has 0 amide bonds. The molecule has 43 heavy (non-hydrogen) atoms. The van der Waals surface area contributed by atoms with Gasteiger partial charge in [0.1, 0.15) is 5.58 Å². The van der Waals surface area contributed by atoms with Crippen molar-refractivity contribution in [3.8, 4) is 34.2 Å². The van der Waals surface area contributed by atoms with Crippen molar-refractivity contribution in [3.05, 3.63) is 134 Å². The first-order valence-electron chi connectivity index (χ1n) is 14.2.